The highest BCUT2D eigenvalue weighted by Crippen LogP contribution is 2.52. The Hall–Kier alpha value is -4.13. The molecule has 1 N–H and O–H groups in total. The van der Waals surface area contributed by atoms with E-state index >= 15 is 0 Å². The molecule has 41 heavy (non-hydrogen) atoms. The van der Waals surface area contributed by atoms with E-state index in [0.717, 1.165) is 73.2 Å². The van der Waals surface area contributed by atoms with E-state index in [9.17, 15) is 9.59 Å². The molecule has 1 atom stereocenters. The van der Waals surface area contributed by atoms with Crippen LogP contribution < -0.4 is 10.2 Å². The van der Waals surface area contributed by atoms with E-state index in [1.54, 1.807) is 18.3 Å². The van der Waals surface area contributed by atoms with E-state index in [4.69, 9.17) is 9.72 Å². The molecule has 7 nitrogen and oxygen atoms in total. The number of para-hydroxylation sites is 1. The number of pyridine rings is 1. The standard InChI is InChI=1S/C34H40N4O3/c1-6-9-21-38-23(4)31(26-13-10-11-15-30(26)38)34(32-27(33(40)41-34)14-12-18-35-32)28-17-16-25(22-29(28)36-24(5)39)37(19-7-2)20-8-3/h10-18,22H,6-9,19-21H2,1-5H3,(H,36,39). The highest BCUT2D eigenvalue weighted by molar-refractivity contribution is 5.99. The van der Waals surface area contributed by atoms with Crippen LogP contribution in [-0.4, -0.2) is 34.5 Å². The molecule has 2 aromatic carbocycles. The fraction of sp³-hybridized carbons (Fsp3) is 0.382. The molecule has 5 rings (SSSR count). The first-order chi connectivity index (χ1) is 19.9. The molecule has 0 fully saturated rings. The third-order valence-corrected chi connectivity index (χ3v) is 7.97. The van der Waals surface area contributed by atoms with Crippen molar-refractivity contribution in [2.45, 2.75) is 72.4 Å². The maximum atomic E-state index is 13.6. The summed E-state index contributed by atoms with van der Waals surface area (Å²) in [7, 11) is 0. The second-order valence-electron chi connectivity index (χ2n) is 10.9. The molecule has 1 amide bonds. The van der Waals surface area contributed by atoms with Crippen LogP contribution >= 0.6 is 0 Å². The third-order valence-electron chi connectivity index (χ3n) is 7.97. The molecular formula is C34H40N4O3. The average molecular weight is 553 g/mol. The molecule has 2 aromatic heterocycles. The normalized spacial score (nSPS) is 16.1. The number of nitrogens with one attached hydrogen (secondary N) is 1. The zero-order chi connectivity index (χ0) is 29.1. The van der Waals surface area contributed by atoms with Crippen LogP contribution in [0.5, 0.6) is 0 Å². The highest BCUT2D eigenvalue weighted by atomic mass is 16.6. The van der Waals surface area contributed by atoms with Crippen LogP contribution in [0.25, 0.3) is 10.9 Å². The highest BCUT2D eigenvalue weighted by Gasteiger charge is 2.53. The van der Waals surface area contributed by atoms with Gasteiger partial charge in [0.1, 0.15) is 5.69 Å². The van der Waals surface area contributed by atoms with E-state index in [1.165, 1.54) is 6.92 Å². The smallest absolute Gasteiger partial charge is 0.341 e. The summed E-state index contributed by atoms with van der Waals surface area (Å²) in [5, 5.41) is 4.09. The Morgan fingerprint density at radius 3 is 2.49 bits per heavy atom. The van der Waals surface area contributed by atoms with Crippen LogP contribution in [0.1, 0.15) is 86.3 Å². The van der Waals surface area contributed by atoms with Crippen molar-refractivity contribution in [2.24, 2.45) is 0 Å². The maximum absolute atomic E-state index is 13.6. The summed E-state index contributed by atoms with van der Waals surface area (Å²) in [5.74, 6) is -0.613. The fourth-order valence-electron chi connectivity index (χ4n) is 6.30. The van der Waals surface area contributed by atoms with E-state index in [2.05, 4.69) is 60.7 Å². The Morgan fingerprint density at radius 2 is 1.78 bits per heavy atom. The first-order valence-corrected chi connectivity index (χ1v) is 14.8. The summed E-state index contributed by atoms with van der Waals surface area (Å²) in [6.07, 6.45) is 5.81. The van der Waals surface area contributed by atoms with Crippen molar-refractivity contribution in [2.75, 3.05) is 23.3 Å². The van der Waals surface area contributed by atoms with Gasteiger partial charge in [-0.2, -0.15) is 0 Å². The minimum Gasteiger partial charge on any atom is -0.439 e. The number of nitrogens with zero attached hydrogens (tertiary/aromatic N) is 3. The lowest BCUT2D eigenvalue weighted by molar-refractivity contribution is -0.114. The summed E-state index contributed by atoms with van der Waals surface area (Å²) < 4.78 is 8.86. The van der Waals surface area contributed by atoms with Crippen LogP contribution in [0.4, 0.5) is 11.4 Å². The number of cyclic esters (lactones) is 1. The minimum absolute atomic E-state index is 0.191. The molecule has 0 aliphatic carbocycles. The lowest BCUT2D eigenvalue weighted by atomic mass is 9.80. The lowest BCUT2D eigenvalue weighted by Gasteiger charge is -2.33. The first kappa shape index (κ1) is 28.4. The van der Waals surface area contributed by atoms with Gasteiger partial charge in [-0.25, -0.2) is 4.79 Å². The Balaban J connectivity index is 1.86. The molecule has 4 aromatic rings. The zero-order valence-corrected chi connectivity index (χ0v) is 24.8. The molecule has 7 heteroatoms. The number of hydrogen-bond acceptors (Lipinski definition) is 5. The maximum Gasteiger partial charge on any atom is 0.341 e. The Morgan fingerprint density at radius 1 is 1.02 bits per heavy atom. The number of amides is 1. The molecule has 0 saturated heterocycles. The van der Waals surface area contributed by atoms with E-state index < -0.39 is 11.6 Å². The van der Waals surface area contributed by atoms with Crippen molar-refractivity contribution in [1.82, 2.24) is 9.55 Å². The van der Waals surface area contributed by atoms with Gasteiger partial charge in [-0.1, -0.05) is 51.5 Å². The first-order valence-electron chi connectivity index (χ1n) is 14.8. The van der Waals surface area contributed by atoms with Crippen molar-refractivity contribution >= 4 is 34.2 Å². The van der Waals surface area contributed by atoms with E-state index in [1.807, 2.05) is 24.3 Å². The number of carbonyl (C=O) groups is 2. The Kier molecular flexibility index (Phi) is 8.15. The summed E-state index contributed by atoms with van der Waals surface area (Å²) in [5.41, 5.74) is 4.95. The molecule has 1 aliphatic rings. The number of hydrogen-bond donors (Lipinski definition) is 1. The molecular weight excluding hydrogens is 512 g/mol. The summed E-state index contributed by atoms with van der Waals surface area (Å²) >= 11 is 0. The lowest BCUT2D eigenvalue weighted by Crippen LogP contribution is -2.33. The van der Waals surface area contributed by atoms with Gasteiger partial charge in [-0.15, -0.1) is 0 Å². The second-order valence-corrected chi connectivity index (χ2v) is 10.9. The van der Waals surface area contributed by atoms with Crippen molar-refractivity contribution < 1.29 is 14.3 Å². The molecule has 1 unspecified atom stereocenters. The van der Waals surface area contributed by atoms with Gasteiger partial charge in [-0.3, -0.25) is 9.78 Å². The summed E-state index contributed by atoms with van der Waals surface area (Å²) in [4.78, 5) is 33.3. The number of ether oxygens (including phenoxy) is 1. The number of esters is 1. The molecule has 0 saturated carbocycles. The van der Waals surface area contributed by atoms with Gasteiger partial charge in [0.25, 0.3) is 0 Å². The predicted molar refractivity (Wildman–Crippen MR) is 165 cm³/mol. The molecule has 214 valence electrons. The van der Waals surface area contributed by atoms with Crippen molar-refractivity contribution in [1.29, 1.82) is 0 Å². The van der Waals surface area contributed by atoms with Gasteiger partial charge in [0, 0.05) is 66.2 Å². The van der Waals surface area contributed by atoms with Crippen LogP contribution in [0, 0.1) is 6.92 Å². The van der Waals surface area contributed by atoms with Crippen molar-refractivity contribution in [3.8, 4) is 0 Å². The SMILES string of the molecule is CCCCn1c(C)c(C2(c3ccc(N(CCC)CCC)cc3NC(C)=O)OC(=O)c3cccnc32)c2ccccc21. The van der Waals surface area contributed by atoms with E-state index in [-0.39, 0.29) is 5.91 Å². The molecule has 1 aliphatic heterocycles. The molecule has 0 bridgehead atoms. The number of unbranched alkanes of at least 4 members (excludes halogenated alkanes) is 1. The number of fused-ring (bicyclic) bond motifs is 2. The summed E-state index contributed by atoms with van der Waals surface area (Å²) in [6.45, 7) is 12.8. The van der Waals surface area contributed by atoms with Gasteiger partial charge in [0.05, 0.1) is 11.3 Å². The minimum atomic E-state index is -1.34. The number of aryl methyl sites for hydroxylation is 1. The number of aromatic nitrogens is 2. The largest absolute Gasteiger partial charge is 0.439 e. The van der Waals surface area contributed by atoms with Gasteiger partial charge in [0.2, 0.25) is 11.5 Å². The van der Waals surface area contributed by atoms with Crippen LogP contribution in [0.15, 0.2) is 60.8 Å². The van der Waals surface area contributed by atoms with E-state index in [0.29, 0.717) is 22.5 Å². The number of carbonyl (C=O) groups excluding carboxylic acids is 2. The number of rotatable bonds is 11. The Bertz CT molecular complexity index is 1580. The van der Waals surface area contributed by atoms with Crippen LogP contribution in [-0.2, 0) is 21.7 Å². The number of benzene rings is 2. The van der Waals surface area contributed by atoms with Gasteiger partial charge >= 0.3 is 5.97 Å². The quantitative estimate of drug-likeness (QED) is 0.199. The van der Waals surface area contributed by atoms with Gasteiger partial charge in [0.15, 0.2) is 0 Å². The van der Waals surface area contributed by atoms with Gasteiger partial charge in [-0.05, 0) is 56.5 Å². The molecule has 0 spiro atoms. The molecule has 3 heterocycles. The number of anilines is 2. The average Bonchev–Trinajstić information content (AvgIpc) is 3.42. The Labute approximate surface area is 242 Å². The molecule has 0 radical (unpaired) electrons. The van der Waals surface area contributed by atoms with Crippen molar-refractivity contribution in [3.05, 3.63) is 88.9 Å². The fourth-order valence-corrected chi connectivity index (χ4v) is 6.30. The van der Waals surface area contributed by atoms with Crippen LogP contribution in [0.2, 0.25) is 0 Å². The van der Waals surface area contributed by atoms with Gasteiger partial charge < -0.3 is 19.5 Å². The van der Waals surface area contributed by atoms with Crippen LogP contribution in [0.3, 0.4) is 0 Å². The van der Waals surface area contributed by atoms with Crippen molar-refractivity contribution in [3.63, 3.8) is 0 Å². The topological polar surface area (TPSA) is 76.5 Å². The zero-order valence-electron chi connectivity index (χ0n) is 24.8. The predicted octanol–water partition coefficient (Wildman–Crippen LogP) is 7.19. The monoisotopic (exact) mass is 552 g/mol. The third kappa shape index (κ3) is 4.88. The second kappa shape index (κ2) is 11.8. The summed E-state index contributed by atoms with van der Waals surface area (Å²) in [6, 6.07) is 17.9.